The summed E-state index contributed by atoms with van der Waals surface area (Å²) < 4.78 is 3.02. The topological polar surface area (TPSA) is 74.4 Å². The van der Waals surface area contributed by atoms with Gasteiger partial charge in [0.15, 0.2) is 0 Å². The van der Waals surface area contributed by atoms with Crippen LogP contribution in [0.3, 0.4) is 0 Å². The number of hydrogen-bond acceptors (Lipinski definition) is 5. The quantitative estimate of drug-likeness (QED) is 0.451. The van der Waals surface area contributed by atoms with Crippen LogP contribution in [0.1, 0.15) is 36.4 Å². The first-order chi connectivity index (χ1) is 14.9. The van der Waals surface area contributed by atoms with E-state index in [4.69, 9.17) is 0 Å². The second kappa shape index (κ2) is 9.90. The van der Waals surface area contributed by atoms with Crippen molar-refractivity contribution < 1.29 is 19.9 Å². The van der Waals surface area contributed by atoms with Crippen LogP contribution in [-0.2, 0) is 11.3 Å². The molecule has 0 fully saturated rings. The molecular formula is C25H28N2O3S2. The molecule has 1 aliphatic rings. The van der Waals surface area contributed by atoms with Crippen LogP contribution >= 0.6 is 23.1 Å². The molecule has 0 amide bonds. The van der Waals surface area contributed by atoms with Crippen LogP contribution in [-0.4, -0.2) is 23.1 Å². The number of carboxylic acid groups (broad SMARTS) is 1. The molecule has 0 saturated heterocycles. The van der Waals surface area contributed by atoms with Crippen molar-refractivity contribution in [2.24, 2.45) is 0 Å². The van der Waals surface area contributed by atoms with Gasteiger partial charge in [-0.3, -0.25) is 0 Å². The minimum Gasteiger partial charge on any atom is -0.870 e. The zero-order valence-corrected chi connectivity index (χ0v) is 20.4. The number of carboxylic acids is 1. The molecule has 2 N–H and O–H groups in total. The van der Waals surface area contributed by atoms with Gasteiger partial charge in [-0.05, 0) is 68.2 Å². The number of aliphatic carboxylic acids is 1. The van der Waals surface area contributed by atoms with Crippen molar-refractivity contribution >= 4 is 51.0 Å². The summed E-state index contributed by atoms with van der Waals surface area (Å²) >= 11 is 3.45. The minimum absolute atomic E-state index is 0. The maximum atomic E-state index is 11.6. The predicted molar refractivity (Wildman–Crippen MR) is 133 cm³/mol. The second-order valence-electron chi connectivity index (χ2n) is 7.76. The number of aryl methyl sites for hydroxylation is 2. The molecule has 0 unspecified atom stereocenters. The van der Waals surface area contributed by atoms with Crippen molar-refractivity contribution in [3.63, 3.8) is 0 Å². The average molecular weight is 469 g/mol. The normalized spacial score (nSPS) is 14.7. The van der Waals surface area contributed by atoms with Gasteiger partial charge in [0.1, 0.15) is 4.70 Å². The SMILES string of the molecule is CCC(=Cc1sc2ccc(C)cc2[n+]1CC(=O)O)C=C1Sc2ccc(C)cc2N1CC.[OH-]. The molecule has 2 heterocycles. The Morgan fingerprint density at radius 3 is 2.53 bits per heavy atom. The lowest BCUT2D eigenvalue weighted by molar-refractivity contribution is -0.657. The first kappa shape index (κ1) is 24.0. The lowest BCUT2D eigenvalue weighted by atomic mass is 10.1. The number of fused-ring (bicyclic) bond motifs is 2. The Bertz CT molecular complexity index is 1230. The highest BCUT2D eigenvalue weighted by atomic mass is 32.2. The molecule has 3 aromatic rings. The summed E-state index contributed by atoms with van der Waals surface area (Å²) in [6.07, 6.45) is 5.28. The zero-order valence-electron chi connectivity index (χ0n) is 18.8. The molecule has 0 saturated carbocycles. The lowest BCUT2D eigenvalue weighted by Gasteiger charge is -2.18. The van der Waals surface area contributed by atoms with Gasteiger partial charge in [0.05, 0.1) is 10.7 Å². The maximum Gasteiger partial charge on any atom is 0.370 e. The van der Waals surface area contributed by atoms with Crippen LogP contribution in [0.15, 0.2) is 58.0 Å². The van der Waals surface area contributed by atoms with E-state index < -0.39 is 5.97 Å². The lowest BCUT2D eigenvalue weighted by Crippen LogP contribution is -2.39. The molecule has 7 heteroatoms. The third-order valence-electron chi connectivity index (χ3n) is 5.41. The van der Waals surface area contributed by atoms with Gasteiger partial charge in [0.2, 0.25) is 12.1 Å². The molecule has 2 aromatic carbocycles. The summed E-state index contributed by atoms with van der Waals surface area (Å²) in [5.41, 5.74) is 5.84. The van der Waals surface area contributed by atoms with Crippen molar-refractivity contribution in [3.8, 4) is 0 Å². The van der Waals surface area contributed by atoms with Crippen LogP contribution in [0.25, 0.3) is 16.3 Å². The van der Waals surface area contributed by atoms with E-state index in [9.17, 15) is 9.90 Å². The molecule has 32 heavy (non-hydrogen) atoms. The Morgan fingerprint density at radius 2 is 1.84 bits per heavy atom. The molecule has 0 spiro atoms. The Labute approximate surface area is 197 Å². The summed E-state index contributed by atoms with van der Waals surface area (Å²) in [4.78, 5) is 15.2. The number of nitrogens with zero attached hydrogens (tertiary/aromatic N) is 2. The third kappa shape index (κ3) is 4.75. The van der Waals surface area contributed by atoms with E-state index in [1.54, 1.807) is 23.1 Å². The Hall–Kier alpha value is -2.61. The number of anilines is 1. The van der Waals surface area contributed by atoms with Crippen molar-refractivity contribution in [1.29, 1.82) is 0 Å². The Balaban J connectivity index is 0.00000289. The van der Waals surface area contributed by atoms with E-state index in [-0.39, 0.29) is 12.0 Å². The van der Waals surface area contributed by atoms with E-state index in [1.807, 2.05) is 11.5 Å². The highest BCUT2D eigenvalue weighted by molar-refractivity contribution is 8.03. The number of aromatic nitrogens is 1. The monoisotopic (exact) mass is 468 g/mol. The number of thioether (sulfide) groups is 1. The number of allylic oxidation sites excluding steroid dienone is 2. The van der Waals surface area contributed by atoms with Crippen molar-refractivity contribution in [3.05, 3.63) is 69.2 Å². The number of benzene rings is 2. The number of thiazole rings is 1. The van der Waals surface area contributed by atoms with Crippen LogP contribution < -0.4 is 9.47 Å². The summed E-state index contributed by atoms with van der Waals surface area (Å²) in [5.74, 6) is -0.827. The van der Waals surface area contributed by atoms with E-state index in [1.165, 1.54) is 26.7 Å². The van der Waals surface area contributed by atoms with E-state index in [2.05, 4.69) is 74.2 Å². The molecular weight excluding hydrogens is 440 g/mol. The fourth-order valence-corrected chi connectivity index (χ4v) is 6.13. The largest absolute Gasteiger partial charge is 0.870 e. The fourth-order valence-electron chi connectivity index (χ4n) is 3.82. The molecule has 0 bridgehead atoms. The molecule has 168 valence electrons. The minimum atomic E-state index is -0.827. The van der Waals surface area contributed by atoms with Crippen molar-refractivity contribution in [2.75, 3.05) is 11.4 Å². The van der Waals surface area contributed by atoms with Crippen molar-refractivity contribution in [1.82, 2.24) is 0 Å². The summed E-state index contributed by atoms with van der Waals surface area (Å²) in [7, 11) is 0. The van der Waals surface area contributed by atoms with Gasteiger partial charge in [0.25, 0.3) is 5.01 Å². The zero-order chi connectivity index (χ0) is 22.1. The highest BCUT2D eigenvalue weighted by Gasteiger charge is 2.25. The number of carbonyl (C=O) groups is 1. The summed E-state index contributed by atoms with van der Waals surface area (Å²) in [5, 5.41) is 11.7. The first-order valence-corrected chi connectivity index (χ1v) is 12.2. The predicted octanol–water partition coefficient (Wildman–Crippen LogP) is 5.98. The molecule has 0 atom stereocenters. The van der Waals surface area contributed by atoms with E-state index >= 15 is 0 Å². The van der Waals surface area contributed by atoms with E-state index in [0.717, 1.165) is 33.8 Å². The van der Waals surface area contributed by atoms with Crippen LogP contribution in [0.2, 0.25) is 0 Å². The van der Waals surface area contributed by atoms with Crippen LogP contribution in [0.5, 0.6) is 0 Å². The number of rotatable bonds is 6. The first-order valence-electron chi connectivity index (χ1n) is 10.5. The standard InChI is InChI=1S/C25H26N2O2S2.H2O/c1-5-18(13-23-26(6-2)19-11-16(3)7-9-21(19)30-23)14-24-27(15-25(28)29)20-12-17(4)8-10-22(20)31-24;/h7-14H,5-6,15H2,1-4H3;1H2. The molecule has 0 radical (unpaired) electrons. The van der Waals surface area contributed by atoms with Gasteiger partial charge in [-0.1, -0.05) is 42.2 Å². The van der Waals surface area contributed by atoms with Crippen molar-refractivity contribution in [2.45, 2.75) is 45.6 Å². The average Bonchev–Trinajstić information content (AvgIpc) is 3.24. The summed E-state index contributed by atoms with van der Waals surface area (Å²) in [6.45, 7) is 9.36. The molecule has 4 rings (SSSR count). The van der Waals surface area contributed by atoms with Gasteiger partial charge >= 0.3 is 5.97 Å². The third-order valence-corrected chi connectivity index (χ3v) is 7.63. The fraction of sp³-hybridized carbons (Fsp3) is 0.280. The van der Waals surface area contributed by atoms with Gasteiger partial charge in [0, 0.05) is 23.6 Å². The number of hydrogen-bond donors (Lipinski definition) is 1. The Kier molecular flexibility index (Phi) is 7.44. The van der Waals surface area contributed by atoms with Gasteiger partial charge in [-0.25, -0.2) is 4.79 Å². The molecule has 1 aliphatic heterocycles. The van der Waals surface area contributed by atoms with Gasteiger partial charge in [-0.2, -0.15) is 4.57 Å². The van der Waals surface area contributed by atoms with Gasteiger partial charge in [-0.15, -0.1) is 0 Å². The molecule has 5 nitrogen and oxygen atoms in total. The van der Waals surface area contributed by atoms with Crippen LogP contribution in [0, 0.1) is 13.8 Å². The highest BCUT2D eigenvalue weighted by Crippen LogP contribution is 2.46. The maximum absolute atomic E-state index is 11.6. The van der Waals surface area contributed by atoms with Gasteiger partial charge < -0.3 is 15.5 Å². The smallest absolute Gasteiger partial charge is 0.370 e. The summed E-state index contributed by atoms with van der Waals surface area (Å²) in [6, 6.07) is 12.8. The van der Waals surface area contributed by atoms with Crippen LogP contribution in [0.4, 0.5) is 5.69 Å². The van der Waals surface area contributed by atoms with E-state index in [0.29, 0.717) is 0 Å². The second-order valence-corrected chi connectivity index (χ2v) is 9.89. The molecule has 1 aromatic heterocycles. The molecule has 0 aliphatic carbocycles. The Morgan fingerprint density at radius 1 is 1.12 bits per heavy atom.